The number of phenolic OH excluding ortho intramolecular Hbond substituents is 1. The molecule has 0 amide bonds. The van der Waals surface area contributed by atoms with E-state index < -0.39 is 5.97 Å². The van der Waals surface area contributed by atoms with E-state index in [9.17, 15) is 9.90 Å². The second-order valence-corrected chi connectivity index (χ2v) is 5.78. The molecule has 0 atom stereocenters. The molecular formula is C18H13BrO4. The Balaban J connectivity index is 1.97. The molecule has 0 aliphatic carbocycles. The SMILES string of the molecule is COc1ccc(/C=C2\OC(=O)C=C2c2ccc(O)cc2)cc1Br. The van der Waals surface area contributed by atoms with Crippen LogP contribution < -0.4 is 4.74 Å². The summed E-state index contributed by atoms with van der Waals surface area (Å²) >= 11 is 3.43. The van der Waals surface area contributed by atoms with Crippen LogP contribution in [0.15, 0.2) is 58.8 Å². The standard InChI is InChI=1S/C18H13BrO4/c1-22-16-7-2-11(8-15(16)19)9-17-14(10-18(21)23-17)12-3-5-13(20)6-4-12/h2-10,20H,1H3/b17-9-. The fraction of sp³-hybridized carbons (Fsp3) is 0.0556. The molecule has 0 saturated carbocycles. The first kappa shape index (κ1) is 15.4. The number of ether oxygens (including phenoxy) is 2. The first-order chi connectivity index (χ1) is 11.1. The molecule has 1 N–H and O–H groups in total. The first-order valence-corrected chi connectivity index (χ1v) is 7.64. The number of hydrogen-bond donors (Lipinski definition) is 1. The zero-order valence-electron chi connectivity index (χ0n) is 12.2. The smallest absolute Gasteiger partial charge is 0.336 e. The number of carbonyl (C=O) groups excluding carboxylic acids is 1. The van der Waals surface area contributed by atoms with Gasteiger partial charge in [-0.25, -0.2) is 4.79 Å². The molecule has 0 bridgehead atoms. The van der Waals surface area contributed by atoms with Gasteiger partial charge >= 0.3 is 5.97 Å². The van der Waals surface area contributed by atoms with Gasteiger partial charge in [-0.15, -0.1) is 0 Å². The molecule has 4 nitrogen and oxygen atoms in total. The van der Waals surface area contributed by atoms with Crippen LogP contribution in [0.4, 0.5) is 0 Å². The molecule has 1 aliphatic heterocycles. The van der Waals surface area contributed by atoms with Gasteiger partial charge in [0, 0.05) is 11.6 Å². The summed E-state index contributed by atoms with van der Waals surface area (Å²) in [4.78, 5) is 11.6. The molecule has 0 radical (unpaired) electrons. The van der Waals surface area contributed by atoms with E-state index in [-0.39, 0.29) is 5.75 Å². The highest BCUT2D eigenvalue weighted by atomic mass is 79.9. The molecule has 2 aromatic rings. The molecule has 23 heavy (non-hydrogen) atoms. The lowest BCUT2D eigenvalue weighted by Gasteiger charge is -2.07. The van der Waals surface area contributed by atoms with E-state index in [0.717, 1.165) is 21.3 Å². The van der Waals surface area contributed by atoms with E-state index in [1.54, 1.807) is 37.5 Å². The Morgan fingerprint density at radius 2 is 1.91 bits per heavy atom. The van der Waals surface area contributed by atoms with Gasteiger partial charge < -0.3 is 14.6 Å². The summed E-state index contributed by atoms with van der Waals surface area (Å²) in [5.41, 5.74) is 2.35. The number of allylic oxidation sites excluding steroid dienone is 1. The van der Waals surface area contributed by atoms with Gasteiger partial charge in [0.2, 0.25) is 0 Å². The van der Waals surface area contributed by atoms with Gasteiger partial charge in [-0.2, -0.15) is 0 Å². The van der Waals surface area contributed by atoms with Crippen LogP contribution in [0.3, 0.4) is 0 Å². The third kappa shape index (κ3) is 3.29. The molecule has 0 spiro atoms. The van der Waals surface area contributed by atoms with Crippen molar-refractivity contribution in [2.75, 3.05) is 7.11 Å². The fourth-order valence-electron chi connectivity index (χ4n) is 2.28. The van der Waals surface area contributed by atoms with Crippen molar-refractivity contribution in [1.29, 1.82) is 0 Å². The van der Waals surface area contributed by atoms with E-state index in [0.29, 0.717) is 11.3 Å². The van der Waals surface area contributed by atoms with Crippen LogP contribution in [-0.4, -0.2) is 18.2 Å². The monoisotopic (exact) mass is 372 g/mol. The average molecular weight is 373 g/mol. The van der Waals surface area contributed by atoms with E-state index in [2.05, 4.69) is 15.9 Å². The number of halogens is 1. The van der Waals surface area contributed by atoms with Crippen LogP contribution in [0.25, 0.3) is 11.6 Å². The molecule has 5 heteroatoms. The molecule has 116 valence electrons. The predicted molar refractivity (Wildman–Crippen MR) is 90.8 cm³/mol. The number of benzene rings is 2. The topological polar surface area (TPSA) is 55.8 Å². The number of rotatable bonds is 3. The number of carbonyl (C=O) groups is 1. The Hall–Kier alpha value is -2.53. The summed E-state index contributed by atoms with van der Waals surface area (Å²) in [6.45, 7) is 0. The number of phenols is 1. The highest BCUT2D eigenvalue weighted by Crippen LogP contribution is 2.33. The van der Waals surface area contributed by atoms with Gasteiger partial charge in [-0.05, 0) is 57.4 Å². The van der Waals surface area contributed by atoms with Crippen LogP contribution in [0.5, 0.6) is 11.5 Å². The van der Waals surface area contributed by atoms with Crippen LogP contribution in [0, 0.1) is 0 Å². The molecule has 0 fully saturated rings. The quantitative estimate of drug-likeness (QED) is 0.822. The normalized spacial score (nSPS) is 15.5. The number of aromatic hydroxyl groups is 1. The molecular weight excluding hydrogens is 360 g/mol. The third-order valence-corrected chi connectivity index (χ3v) is 4.01. The zero-order chi connectivity index (χ0) is 16.4. The Labute approximate surface area is 141 Å². The lowest BCUT2D eigenvalue weighted by Crippen LogP contribution is -1.92. The van der Waals surface area contributed by atoms with Crippen LogP contribution >= 0.6 is 15.9 Å². The summed E-state index contributed by atoms with van der Waals surface area (Å²) in [5.74, 6) is 0.957. The Bertz CT molecular complexity index is 819. The largest absolute Gasteiger partial charge is 0.508 e. The summed E-state index contributed by atoms with van der Waals surface area (Å²) in [6.07, 6.45) is 3.23. The molecule has 1 heterocycles. The molecule has 1 aliphatic rings. The van der Waals surface area contributed by atoms with Crippen LogP contribution in [0.1, 0.15) is 11.1 Å². The summed E-state index contributed by atoms with van der Waals surface area (Å²) in [5, 5.41) is 9.38. The minimum absolute atomic E-state index is 0.171. The summed E-state index contributed by atoms with van der Waals surface area (Å²) in [6, 6.07) is 12.2. The van der Waals surface area contributed by atoms with E-state index in [1.807, 2.05) is 18.2 Å². The molecule has 3 rings (SSSR count). The Morgan fingerprint density at radius 1 is 1.17 bits per heavy atom. The maximum Gasteiger partial charge on any atom is 0.336 e. The van der Waals surface area contributed by atoms with Crippen molar-refractivity contribution >= 4 is 33.5 Å². The van der Waals surface area contributed by atoms with Crippen molar-refractivity contribution in [3.05, 3.63) is 69.9 Å². The van der Waals surface area contributed by atoms with Crippen molar-refractivity contribution in [1.82, 2.24) is 0 Å². The van der Waals surface area contributed by atoms with E-state index in [1.165, 1.54) is 6.08 Å². The number of methoxy groups -OCH3 is 1. The maximum atomic E-state index is 11.6. The van der Waals surface area contributed by atoms with Gasteiger partial charge in [0.1, 0.15) is 17.3 Å². The van der Waals surface area contributed by atoms with Crippen molar-refractivity contribution in [3.8, 4) is 11.5 Å². The van der Waals surface area contributed by atoms with E-state index >= 15 is 0 Å². The van der Waals surface area contributed by atoms with Gasteiger partial charge in [0.05, 0.1) is 11.6 Å². The number of esters is 1. The lowest BCUT2D eigenvalue weighted by atomic mass is 10.0. The highest BCUT2D eigenvalue weighted by molar-refractivity contribution is 9.10. The maximum absolute atomic E-state index is 11.6. The van der Waals surface area contributed by atoms with Crippen molar-refractivity contribution in [2.24, 2.45) is 0 Å². The second-order valence-electron chi connectivity index (χ2n) is 4.93. The first-order valence-electron chi connectivity index (χ1n) is 6.85. The van der Waals surface area contributed by atoms with Crippen LogP contribution in [0.2, 0.25) is 0 Å². The predicted octanol–water partition coefficient (Wildman–Crippen LogP) is 4.14. The van der Waals surface area contributed by atoms with Gasteiger partial charge in [-0.1, -0.05) is 18.2 Å². The Kier molecular flexibility index (Phi) is 4.21. The van der Waals surface area contributed by atoms with Crippen molar-refractivity contribution in [3.63, 3.8) is 0 Å². The molecule has 2 aromatic carbocycles. The van der Waals surface area contributed by atoms with Gasteiger partial charge in [0.25, 0.3) is 0 Å². The summed E-state index contributed by atoms with van der Waals surface area (Å²) < 4.78 is 11.3. The second kappa shape index (κ2) is 6.30. The van der Waals surface area contributed by atoms with Crippen molar-refractivity contribution < 1.29 is 19.4 Å². The highest BCUT2D eigenvalue weighted by Gasteiger charge is 2.21. The fourth-order valence-corrected chi connectivity index (χ4v) is 2.84. The average Bonchev–Trinajstić information content (AvgIpc) is 2.89. The summed E-state index contributed by atoms with van der Waals surface area (Å²) in [7, 11) is 1.60. The number of cyclic esters (lactones) is 1. The zero-order valence-corrected chi connectivity index (χ0v) is 13.8. The molecule has 0 aromatic heterocycles. The van der Waals surface area contributed by atoms with Crippen molar-refractivity contribution in [2.45, 2.75) is 0 Å². The minimum atomic E-state index is -0.410. The van der Waals surface area contributed by atoms with Crippen LogP contribution in [-0.2, 0) is 9.53 Å². The van der Waals surface area contributed by atoms with Gasteiger partial charge in [0.15, 0.2) is 0 Å². The van der Waals surface area contributed by atoms with E-state index in [4.69, 9.17) is 9.47 Å². The number of hydrogen-bond acceptors (Lipinski definition) is 4. The molecule has 0 unspecified atom stereocenters. The third-order valence-electron chi connectivity index (χ3n) is 3.39. The lowest BCUT2D eigenvalue weighted by molar-refractivity contribution is -0.132. The van der Waals surface area contributed by atoms with Gasteiger partial charge in [-0.3, -0.25) is 0 Å². The minimum Gasteiger partial charge on any atom is -0.508 e. The Morgan fingerprint density at radius 3 is 2.57 bits per heavy atom. The molecule has 0 saturated heterocycles.